The van der Waals surface area contributed by atoms with Crippen LogP contribution in [0.15, 0.2) is 42.5 Å². The van der Waals surface area contributed by atoms with Crippen molar-refractivity contribution in [3.8, 4) is 0 Å². The van der Waals surface area contributed by atoms with Crippen molar-refractivity contribution in [3.63, 3.8) is 0 Å². The van der Waals surface area contributed by atoms with Gasteiger partial charge in [-0.05, 0) is 18.2 Å². The molecular weight excluding hydrogens is 285 g/mol. The van der Waals surface area contributed by atoms with E-state index in [1.165, 1.54) is 0 Å². The molecule has 98 valence electrons. The van der Waals surface area contributed by atoms with Gasteiger partial charge in [0.25, 0.3) is 0 Å². The lowest BCUT2D eigenvalue weighted by Crippen LogP contribution is -2.08. The van der Waals surface area contributed by atoms with E-state index in [1.54, 1.807) is 30.3 Å². The number of para-hydroxylation sites is 1. The molecule has 0 unspecified atom stereocenters. The molecule has 0 bridgehead atoms. The largest absolute Gasteiger partial charge is 0.457 e. The average Bonchev–Trinajstić information content (AvgIpc) is 2.40. The summed E-state index contributed by atoms with van der Waals surface area (Å²) in [6, 6.07) is 12.0. The predicted octanol–water partition coefficient (Wildman–Crippen LogP) is 3.93. The Morgan fingerprint density at radius 2 is 1.74 bits per heavy atom. The number of carbonyl (C=O) groups excluding carboxylic acids is 1. The summed E-state index contributed by atoms with van der Waals surface area (Å²) >= 11 is 11.8. The van der Waals surface area contributed by atoms with Crippen molar-refractivity contribution >= 4 is 34.9 Å². The monoisotopic (exact) mass is 295 g/mol. The van der Waals surface area contributed by atoms with Gasteiger partial charge in [0.15, 0.2) is 0 Å². The van der Waals surface area contributed by atoms with E-state index in [0.717, 1.165) is 5.56 Å². The molecule has 2 rings (SSSR count). The number of halogens is 2. The standard InChI is InChI=1S/C14H11Cl2NO2/c15-11-6-2-1-4-9(11)8-19-14(18)10-5-3-7-12(16)13(10)17/h1-7H,8,17H2. The van der Waals surface area contributed by atoms with Crippen molar-refractivity contribution in [2.75, 3.05) is 5.73 Å². The van der Waals surface area contributed by atoms with Gasteiger partial charge in [-0.3, -0.25) is 0 Å². The van der Waals surface area contributed by atoms with Crippen molar-refractivity contribution in [3.05, 3.63) is 63.6 Å². The van der Waals surface area contributed by atoms with Crippen molar-refractivity contribution < 1.29 is 9.53 Å². The summed E-state index contributed by atoms with van der Waals surface area (Å²) in [5.41, 5.74) is 6.92. The number of hydrogen-bond acceptors (Lipinski definition) is 3. The molecule has 0 saturated heterocycles. The fourth-order valence-electron chi connectivity index (χ4n) is 1.55. The lowest BCUT2D eigenvalue weighted by molar-refractivity contribution is 0.0474. The molecule has 2 aromatic rings. The molecule has 0 aliphatic carbocycles. The Bertz CT molecular complexity index is 614. The summed E-state index contributed by atoms with van der Waals surface area (Å²) in [7, 11) is 0. The van der Waals surface area contributed by atoms with Gasteiger partial charge in [-0.15, -0.1) is 0 Å². The maximum absolute atomic E-state index is 11.9. The molecule has 0 saturated carbocycles. The summed E-state index contributed by atoms with van der Waals surface area (Å²) in [6.45, 7) is 0.0878. The minimum Gasteiger partial charge on any atom is -0.457 e. The Kier molecular flexibility index (Phi) is 4.30. The first kappa shape index (κ1) is 13.7. The van der Waals surface area contributed by atoms with Crippen molar-refractivity contribution in [1.82, 2.24) is 0 Å². The number of esters is 1. The second-order valence-electron chi connectivity index (χ2n) is 3.87. The molecule has 0 heterocycles. The number of ether oxygens (including phenoxy) is 1. The van der Waals surface area contributed by atoms with Gasteiger partial charge in [0.2, 0.25) is 0 Å². The van der Waals surface area contributed by atoms with Crippen molar-refractivity contribution in [2.45, 2.75) is 6.61 Å². The lowest BCUT2D eigenvalue weighted by atomic mass is 10.2. The van der Waals surface area contributed by atoms with Gasteiger partial charge in [-0.1, -0.05) is 47.5 Å². The number of benzene rings is 2. The van der Waals surface area contributed by atoms with Gasteiger partial charge in [-0.25, -0.2) is 4.79 Å². The third-order valence-electron chi connectivity index (χ3n) is 2.59. The zero-order valence-corrected chi connectivity index (χ0v) is 11.4. The summed E-state index contributed by atoms with van der Waals surface area (Å²) in [6.07, 6.45) is 0. The molecule has 0 aliphatic rings. The molecule has 0 aliphatic heterocycles. The number of carbonyl (C=O) groups is 1. The predicted molar refractivity (Wildman–Crippen MR) is 76.4 cm³/mol. The highest BCUT2D eigenvalue weighted by molar-refractivity contribution is 6.33. The Hall–Kier alpha value is -1.71. The fourth-order valence-corrected chi connectivity index (χ4v) is 1.92. The van der Waals surface area contributed by atoms with Crippen LogP contribution in [0.1, 0.15) is 15.9 Å². The van der Waals surface area contributed by atoms with E-state index in [-0.39, 0.29) is 17.9 Å². The van der Waals surface area contributed by atoms with E-state index in [9.17, 15) is 4.79 Å². The summed E-state index contributed by atoms with van der Waals surface area (Å²) < 4.78 is 5.17. The normalized spacial score (nSPS) is 10.2. The molecule has 0 amide bonds. The van der Waals surface area contributed by atoms with Crippen LogP contribution in [-0.4, -0.2) is 5.97 Å². The quantitative estimate of drug-likeness (QED) is 0.689. The number of nitrogen functional groups attached to an aromatic ring is 1. The van der Waals surface area contributed by atoms with Gasteiger partial charge >= 0.3 is 5.97 Å². The van der Waals surface area contributed by atoms with Crippen LogP contribution in [0.25, 0.3) is 0 Å². The highest BCUT2D eigenvalue weighted by Gasteiger charge is 2.13. The fraction of sp³-hybridized carbons (Fsp3) is 0.0714. The first-order chi connectivity index (χ1) is 9.09. The topological polar surface area (TPSA) is 52.3 Å². The number of anilines is 1. The average molecular weight is 296 g/mol. The molecule has 0 radical (unpaired) electrons. The van der Waals surface area contributed by atoms with Gasteiger partial charge in [-0.2, -0.15) is 0 Å². The molecule has 0 aromatic heterocycles. The highest BCUT2D eigenvalue weighted by Crippen LogP contribution is 2.23. The second-order valence-corrected chi connectivity index (χ2v) is 4.68. The molecule has 19 heavy (non-hydrogen) atoms. The van der Waals surface area contributed by atoms with Crippen molar-refractivity contribution in [1.29, 1.82) is 0 Å². The van der Waals surface area contributed by atoms with E-state index in [1.807, 2.05) is 12.1 Å². The third-order valence-corrected chi connectivity index (χ3v) is 3.29. The highest BCUT2D eigenvalue weighted by atomic mass is 35.5. The summed E-state index contributed by atoms with van der Waals surface area (Å²) in [4.78, 5) is 11.9. The zero-order chi connectivity index (χ0) is 13.8. The van der Waals surface area contributed by atoms with E-state index in [2.05, 4.69) is 0 Å². The molecule has 2 aromatic carbocycles. The Balaban J connectivity index is 2.10. The Labute approximate surface area is 120 Å². The van der Waals surface area contributed by atoms with Crippen LogP contribution in [0.3, 0.4) is 0 Å². The summed E-state index contributed by atoms with van der Waals surface area (Å²) in [5, 5.41) is 0.876. The van der Waals surface area contributed by atoms with E-state index in [0.29, 0.717) is 10.0 Å². The molecule has 0 atom stereocenters. The minimum absolute atomic E-state index is 0.0878. The van der Waals surface area contributed by atoms with Crippen LogP contribution in [0.5, 0.6) is 0 Å². The number of rotatable bonds is 3. The van der Waals surface area contributed by atoms with E-state index < -0.39 is 5.97 Å². The zero-order valence-electron chi connectivity index (χ0n) is 9.90. The maximum atomic E-state index is 11.9. The maximum Gasteiger partial charge on any atom is 0.340 e. The van der Waals surface area contributed by atoms with Crippen LogP contribution < -0.4 is 5.73 Å². The smallest absolute Gasteiger partial charge is 0.340 e. The molecule has 3 nitrogen and oxygen atoms in total. The second kappa shape index (κ2) is 5.95. The molecule has 0 spiro atoms. The number of hydrogen-bond donors (Lipinski definition) is 1. The van der Waals surface area contributed by atoms with Crippen LogP contribution in [0.4, 0.5) is 5.69 Å². The Morgan fingerprint density at radius 1 is 1.05 bits per heavy atom. The van der Waals surface area contributed by atoms with E-state index >= 15 is 0 Å². The first-order valence-electron chi connectivity index (χ1n) is 5.54. The van der Waals surface area contributed by atoms with Crippen molar-refractivity contribution in [2.24, 2.45) is 0 Å². The minimum atomic E-state index is -0.528. The molecule has 2 N–H and O–H groups in total. The van der Waals surface area contributed by atoms with Crippen LogP contribution in [0, 0.1) is 0 Å². The van der Waals surface area contributed by atoms with E-state index in [4.69, 9.17) is 33.7 Å². The van der Waals surface area contributed by atoms with Gasteiger partial charge < -0.3 is 10.5 Å². The summed E-state index contributed by atoms with van der Waals surface area (Å²) in [5.74, 6) is -0.528. The molecule has 0 fully saturated rings. The van der Waals surface area contributed by atoms with Crippen LogP contribution in [0.2, 0.25) is 10.0 Å². The van der Waals surface area contributed by atoms with Gasteiger partial charge in [0, 0.05) is 10.6 Å². The lowest BCUT2D eigenvalue weighted by Gasteiger charge is -2.08. The van der Waals surface area contributed by atoms with Gasteiger partial charge in [0.1, 0.15) is 6.61 Å². The molecule has 5 heteroatoms. The SMILES string of the molecule is Nc1c(Cl)cccc1C(=O)OCc1ccccc1Cl. The van der Waals surface area contributed by atoms with Gasteiger partial charge in [0.05, 0.1) is 16.3 Å². The number of nitrogens with two attached hydrogens (primary N) is 1. The third kappa shape index (κ3) is 3.19. The van der Waals surface area contributed by atoms with Crippen LogP contribution >= 0.6 is 23.2 Å². The molecular formula is C14H11Cl2NO2. The Morgan fingerprint density at radius 3 is 2.47 bits per heavy atom. The first-order valence-corrected chi connectivity index (χ1v) is 6.29. The van der Waals surface area contributed by atoms with Crippen LogP contribution in [-0.2, 0) is 11.3 Å².